The Hall–Kier alpha value is -2.58. The highest BCUT2D eigenvalue weighted by atomic mass is 32.2. The van der Waals surface area contributed by atoms with Crippen LogP contribution in [0.1, 0.15) is 46.6 Å². The van der Waals surface area contributed by atoms with Gasteiger partial charge < -0.3 is 5.32 Å². The zero-order valence-electron chi connectivity index (χ0n) is 20.9. The van der Waals surface area contributed by atoms with Crippen molar-refractivity contribution in [2.75, 3.05) is 6.54 Å². The van der Waals surface area contributed by atoms with Crippen LogP contribution in [-0.4, -0.2) is 32.3 Å². The van der Waals surface area contributed by atoms with E-state index in [9.17, 15) is 22.0 Å². The molecule has 2 unspecified atom stereocenters. The van der Waals surface area contributed by atoms with Crippen molar-refractivity contribution >= 4 is 15.9 Å². The van der Waals surface area contributed by atoms with E-state index in [0.717, 1.165) is 29.7 Å². The minimum Gasteiger partial charge on any atom is -0.343 e. The molecule has 1 aliphatic carbocycles. The molecule has 8 heteroatoms. The summed E-state index contributed by atoms with van der Waals surface area (Å²) in [5.41, 5.74) is 0.489. The van der Waals surface area contributed by atoms with Gasteiger partial charge in [-0.15, -0.1) is 0 Å². The van der Waals surface area contributed by atoms with Crippen LogP contribution in [0.25, 0.3) is 0 Å². The molecule has 2 aliphatic rings. The van der Waals surface area contributed by atoms with Crippen molar-refractivity contribution in [3.05, 3.63) is 77.4 Å². The van der Waals surface area contributed by atoms with Gasteiger partial charge in [-0.1, -0.05) is 57.2 Å². The molecule has 0 spiro atoms. The molecule has 0 saturated heterocycles. The second-order valence-corrected chi connectivity index (χ2v) is 12.3. The van der Waals surface area contributed by atoms with Crippen LogP contribution in [0, 0.1) is 11.3 Å². The van der Waals surface area contributed by atoms with Gasteiger partial charge in [0.25, 0.3) is 5.92 Å². The third-order valence-corrected chi connectivity index (χ3v) is 7.73. The number of nitrogens with one attached hydrogen (secondary N) is 2. The Morgan fingerprint density at radius 3 is 2.43 bits per heavy atom. The molecule has 35 heavy (non-hydrogen) atoms. The Labute approximate surface area is 207 Å². The summed E-state index contributed by atoms with van der Waals surface area (Å²) < 4.78 is 57.4. The number of hydrogen-bond donors (Lipinski definition) is 2. The average molecular weight is 505 g/mol. The Balaban J connectivity index is 1.79. The van der Waals surface area contributed by atoms with Crippen molar-refractivity contribution in [1.29, 1.82) is 0 Å². The molecule has 0 fully saturated rings. The molecule has 1 aromatic rings. The minimum atomic E-state index is -3.61. The lowest BCUT2D eigenvalue weighted by molar-refractivity contribution is -0.119. The SMILES string of the molecule is C/C=C/C(F)(F)C1=CC(=O)NC2(C)C=CC(Cc3ccc(S(=O)(=O)NCCC(C)(C)C)cc3)=CC12. The smallest absolute Gasteiger partial charge is 0.288 e. The summed E-state index contributed by atoms with van der Waals surface area (Å²) in [4.78, 5) is 12.3. The van der Waals surface area contributed by atoms with Crippen molar-refractivity contribution < 1.29 is 22.0 Å². The van der Waals surface area contributed by atoms with Crippen LogP contribution < -0.4 is 10.0 Å². The van der Waals surface area contributed by atoms with Gasteiger partial charge in [-0.05, 0) is 61.4 Å². The normalized spacial score (nSPS) is 23.1. The minimum absolute atomic E-state index is 0.0245. The molecule has 1 heterocycles. The number of carbonyl (C=O) groups is 1. The predicted octanol–water partition coefficient (Wildman–Crippen LogP) is 5.08. The molecule has 190 valence electrons. The number of carbonyl (C=O) groups excluding carboxylic acids is 1. The first-order chi connectivity index (χ1) is 16.2. The maximum atomic E-state index is 14.8. The zero-order valence-corrected chi connectivity index (χ0v) is 21.7. The fourth-order valence-corrected chi connectivity index (χ4v) is 5.32. The predicted molar refractivity (Wildman–Crippen MR) is 135 cm³/mol. The van der Waals surface area contributed by atoms with Crippen molar-refractivity contribution in [3.63, 3.8) is 0 Å². The molecule has 0 aromatic heterocycles. The average Bonchev–Trinajstić information content (AvgIpc) is 2.72. The Morgan fingerprint density at radius 2 is 1.83 bits per heavy atom. The summed E-state index contributed by atoms with van der Waals surface area (Å²) in [6.45, 7) is 9.75. The van der Waals surface area contributed by atoms with E-state index in [4.69, 9.17) is 0 Å². The molecule has 0 bridgehead atoms. The van der Waals surface area contributed by atoms with Crippen LogP contribution >= 0.6 is 0 Å². The van der Waals surface area contributed by atoms with Gasteiger partial charge >= 0.3 is 0 Å². The lowest BCUT2D eigenvalue weighted by atomic mass is 9.71. The number of fused-ring (bicyclic) bond motifs is 1. The Morgan fingerprint density at radius 1 is 1.17 bits per heavy atom. The largest absolute Gasteiger partial charge is 0.343 e. The standard InChI is InChI=1S/C27H34F2N2O3S/c1-6-12-27(28,29)23-18-24(32)31-26(5)13-11-20(17-22(23)26)16-19-7-9-21(10-8-19)35(33,34)30-15-14-25(2,3)4/h6-13,17-18,22,30H,14-16H2,1-5H3,(H,31,32)/b12-6+. The fourth-order valence-electron chi connectivity index (χ4n) is 4.28. The number of rotatable bonds is 8. The van der Waals surface area contributed by atoms with Gasteiger partial charge in [-0.25, -0.2) is 13.1 Å². The number of hydrogen-bond acceptors (Lipinski definition) is 3. The molecule has 3 rings (SSSR count). The topological polar surface area (TPSA) is 75.3 Å². The summed E-state index contributed by atoms with van der Waals surface area (Å²) in [6, 6.07) is 6.57. The van der Waals surface area contributed by atoms with Crippen LogP contribution in [0.15, 0.2) is 76.8 Å². The van der Waals surface area contributed by atoms with Crippen molar-refractivity contribution in [3.8, 4) is 0 Å². The summed E-state index contributed by atoms with van der Waals surface area (Å²) in [5.74, 6) is -4.50. The van der Waals surface area contributed by atoms with E-state index in [0.29, 0.717) is 13.0 Å². The first-order valence-corrected chi connectivity index (χ1v) is 13.2. The summed E-state index contributed by atoms with van der Waals surface area (Å²) in [7, 11) is -3.61. The van der Waals surface area contributed by atoms with Gasteiger partial charge in [0.05, 0.1) is 10.4 Å². The van der Waals surface area contributed by atoms with Crippen molar-refractivity contribution in [2.45, 2.75) is 63.8 Å². The number of alkyl halides is 2. The molecular weight excluding hydrogens is 470 g/mol. The number of benzene rings is 1. The molecule has 0 saturated carbocycles. The number of allylic oxidation sites excluding steroid dienone is 4. The molecule has 1 aromatic carbocycles. The second kappa shape index (κ2) is 9.82. The number of halogens is 2. The van der Waals surface area contributed by atoms with Gasteiger partial charge in [0.15, 0.2) is 0 Å². The second-order valence-electron chi connectivity index (χ2n) is 10.6. The van der Waals surface area contributed by atoms with E-state index in [2.05, 4.69) is 30.8 Å². The van der Waals surface area contributed by atoms with Crippen LogP contribution in [0.3, 0.4) is 0 Å². The Bertz CT molecular complexity index is 1190. The first-order valence-electron chi connectivity index (χ1n) is 11.7. The van der Waals surface area contributed by atoms with Gasteiger partial charge in [0.1, 0.15) is 0 Å². The maximum Gasteiger partial charge on any atom is 0.288 e. The summed E-state index contributed by atoms with van der Waals surface area (Å²) >= 11 is 0. The molecule has 5 nitrogen and oxygen atoms in total. The third-order valence-electron chi connectivity index (χ3n) is 6.25. The van der Waals surface area contributed by atoms with Gasteiger partial charge in [0.2, 0.25) is 15.9 Å². The van der Waals surface area contributed by atoms with Gasteiger partial charge in [0, 0.05) is 24.1 Å². The third kappa shape index (κ3) is 6.55. The fraction of sp³-hybridized carbons (Fsp3) is 0.444. The molecule has 1 amide bonds. The first kappa shape index (κ1) is 27.0. The monoisotopic (exact) mass is 504 g/mol. The summed E-state index contributed by atoms with van der Waals surface area (Å²) in [6.07, 6.45) is 9.58. The highest BCUT2D eigenvalue weighted by Gasteiger charge is 2.47. The number of sulfonamides is 1. The molecule has 2 atom stereocenters. The molecular formula is C27H34F2N2O3S. The van der Waals surface area contributed by atoms with Crippen LogP contribution in [0.2, 0.25) is 0 Å². The van der Waals surface area contributed by atoms with E-state index in [1.54, 1.807) is 43.3 Å². The quantitative estimate of drug-likeness (QED) is 0.485. The van der Waals surface area contributed by atoms with Gasteiger partial charge in [-0.3, -0.25) is 4.79 Å². The maximum absolute atomic E-state index is 14.8. The molecule has 2 N–H and O–H groups in total. The van der Waals surface area contributed by atoms with Crippen LogP contribution in [0.5, 0.6) is 0 Å². The van der Waals surface area contributed by atoms with E-state index in [1.165, 1.54) is 13.0 Å². The highest BCUT2D eigenvalue weighted by Crippen LogP contribution is 2.43. The number of amides is 1. The zero-order chi connectivity index (χ0) is 26.1. The summed E-state index contributed by atoms with van der Waals surface area (Å²) in [5, 5.41) is 2.80. The van der Waals surface area contributed by atoms with E-state index in [1.807, 2.05) is 6.08 Å². The molecule has 0 radical (unpaired) electrons. The lowest BCUT2D eigenvalue weighted by Crippen LogP contribution is -2.55. The Kier molecular flexibility index (Phi) is 7.58. The molecule has 1 aliphatic heterocycles. The van der Waals surface area contributed by atoms with Crippen LogP contribution in [0.4, 0.5) is 8.78 Å². The van der Waals surface area contributed by atoms with E-state index < -0.39 is 33.3 Å². The van der Waals surface area contributed by atoms with E-state index >= 15 is 0 Å². The van der Waals surface area contributed by atoms with Crippen molar-refractivity contribution in [2.24, 2.45) is 11.3 Å². The van der Waals surface area contributed by atoms with E-state index in [-0.39, 0.29) is 15.9 Å². The van der Waals surface area contributed by atoms with Crippen molar-refractivity contribution in [1.82, 2.24) is 10.0 Å². The highest BCUT2D eigenvalue weighted by molar-refractivity contribution is 7.89. The lowest BCUT2D eigenvalue weighted by Gasteiger charge is -2.42. The van der Waals surface area contributed by atoms with Gasteiger partial charge in [-0.2, -0.15) is 8.78 Å². The van der Waals surface area contributed by atoms with Crippen LogP contribution in [-0.2, 0) is 21.2 Å².